The van der Waals surface area contributed by atoms with Crippen molar-refractivity contribution < 1.29 is 9.84 Å². The molecule has 0 aliphatic rings. The summed E-state index contributed by atoms with van der Waals surface area (Å²) in [5.74, 6) is 6.81. The van der Waals surface area contributed by atoms with E-state index < -0.39 is 0 Å². The molecule has 4 heteroatoms. The van der Waals surface area contributed by atoms with E-state index in [9.17, 15) is 0 Å². The first-order valence-electron chi connectivity index (χ1n) is 6.67. The van der Waals surface area contributed by atoms with E-state index in [1.54, 1.807) is 11.3 Å². The molecule has 21 heavy (non-hydrogen) atoms. The fourth-order valence-corrected chi connectivity index (χ4v) is 2.77. The molecular formula is C17H17ClO2S. The Bertz CT molecular complexity index is 657. The first-order chi connectivity index (χ1) is 10.1. The van der Waals surface area contributed by atoms with Gasteiger partial charge in [-0.25, -0.2) is 0 Å². The number of halogens is 1. The van der Waals surface area contributed by atoms with Crippen molar-refractivity contribution in [2.24, 2.45) is 0 Å². The molecule has 0 atom stereocenters. The Hall–Kier alpha value is -1.47. The molecule has 2 aromatic rings. The second-order valence-electron chi connectivity index (χ2n) is 4.69. The number of aliphatic hydroxyl groups is 1. The van der Waals surface area contributed by atoms with Crippen LogP contribution in [0.1, 0.15) is 28.0 Å². The molecule has 1 N–H and O–H groups in total. The SMILES string of the molecule is Cc1cc(OCc2sccc2C#CCCO)cc(C)c1Cl. The zero-order valence-electron chi connectivity index (χ0n) is 12.1. The van der Waals surface area contributed by atoms with Crippen LogP contribution in [-0.4, -0.2) is 11.7 Å². The number of rotatable bonds is 4. The fourth-order valence-electron chi connectivity index (χ4n) is 1.92. The highest BCUT2D eigenvalue weighted by Gasteiger charge is 2.06. The van der Waals surface area contributed by atoms with Gasteiger partial charge in [0.25, 0.3) is 0 Å². The predicted octanol–water partition coefficient (Wildman–Crippen LogP) is 4.33. The Morgan fingerprint density at radius 2 is 2.00 bits per heavy atom. The predicted molar refractivity (Wildman–Crippen MR) is 88.2 cm³/mol. The third-order valence-electron chi connectivity index (χ3n) is 2.99. The van der Waals surface area contributed by atoms with Crippen molar-refractivity contribution in [3.05, 3.63) is 50.2 Å². The molecule has 0 saturated heterocycles. The van der Waals surface area contributed by atoms with Gasteiger partial charge in [0.15, 0.2) is 0 Å². The summed E-state index contributed by atoms with van der Waals surface area (Å²) in [6.07, 6.45) is 0.492. The highest BCUT2D eigenvalue weighted by Crippen LogP contribution is 2.27. The summed E-state index contributed by atoms with van der Waals surface area (Å²) in [6, 6.07) is 5.87. The molecule has 0 saturated carbocycles. The van der Waals surface area contributed by atoms with Gasteiger partial charge in [-0.3, -0.25) is 0 Å². The molecule has 0 aliphatic carbocycles. The summed E-state index contributed by atoms with van der Waals surface area (Å²) in [7, 11) is 0. The Balaban J connectivity index is 2.08. The van der Waals surface area contributed by atoms with Crippen molar-refractivity contribution in [1.29, 1.82) is 0 Å². The summed E-state index contributed by atoms with van der Waals surface area (Å²) >= 11 is 7.78. The van der Waals surface area contributed by atoms with Gasteiger partial charge in [0.1, 0.15) is 12.4 Å². The minimum absolute atomic E-state index is 0.0896. The molecule has 0 amide bonds. The number of hydrogen-bond donors (Lipinski definition) is 1. The Morgan fingerprint density at radius 3 is 2.67 bits per heavy atom. The van der Waals surface area contributed by atoms with Crippen molar-refractivity contribution in [2.45, 2.75) is 26.9 Å². The molecular weight excluding hydrogens is 304 g/mol. The number of aliphatic hydroxyl groups excluding tert-OH is 1. The normalized spacial score (nSPS) is 10.1. The molecule has 2 nitrogen and oxygen atoms in total. The standard InChI is InChI=1S/C17H17ClO2S/c1-12-9-15(10-13(2)17(12)18)20-11-16-14(6-8-21-16)5-3-4-7-19/h6,8-10,19H,4,7,11H2,1-2H3. The monoisotopic (exact) mass is 320 g/mol. The average Bonchev–Trinajstić information content (AvgIpc) is 2.90. The Kier molecular flexibility index (Phi) is 5.69. The van der Waals surface area contributed by atoms with Crippen LogP contribution in [0.5, 0.6) is 5.75 Å². The van der Waals surface area contributed by atoms with Crippen LogP contribution in [0.4, 0.5) is 0 Å². The van der Waals surface area contributed by atoms with Crippen LogP contribution in [0.3, 0.4) is 0 Å². The minimum Gasteiger partial charge on any atom is -0.488 e. The molecule has 0 radical (unpaired) electrons. The van der Waals surface area contributed by atoms with Crippen LogP contribution >= 0.6 is 22.9 Å². The van der Waals surface area contributed by atoms with Crippen LogP contribution in [0.25, 0.3) is 0 Å². The first-order valence-corrected chi connectivity index (χ1v) is 7.93. The number of ether oxygens (including phenoxy) is 1. The number of benzene rings is 1. The van der Waals surface area contributed by atoms with E-state index in [2.05, 4.69) is 11.8 Å². The molecule has 0 spiro atoms. The van der Waals surface area contributed by atoms with Gasteiger partial charge in [-0.05, 0) is 48.6 Å². The van der Waals surface area contributed by atoms with Gasteiger partial charge in [0.05, 0.1) is 11.5 Å². The van der Waals surface area contributed by atoms with E-state index >= 15 is 0 Å². The van der Waals surface area contributed by atoms with Gasteiger partial charge in [0, 0.05) is 17.0 Å². The van der Waals surface area contributed by atoms with Crippen LogP contribution < -0.4 is 4.74 Å². The van der Waals surface area contributed by atoms with Gasteiger partial charge >= 0.3 is 0 Å². The molecule has 0 bridgehead atoms. The summed E-state index contributed by atoms with van der Waals surface area (Å²) in [5, 5.41) is 11.5. The first kappa shape index (κ1) is 15.9. The third-order valence-corrected chi connectivity index (χ3v) is 4.48. The topological polar surface area (TPSA) is 29.5 Å². The van der Waals surface area contributed by atoms with E-state index in [0.717, 1.165) is 32.3 Å². The second kappa shape index (κ2) is 7.51. The number of thiophene rings is 1. The largest absolute Gasteiger partial charge is 0.488 e. The molecule has 2 rings (SSSR count). The van der Waals surface area contributed by atoms with Gasteiger partial charge in [-0.2, -0.15) is 0 Å². The number of hydrogen-bond acceptors (Lipinski definition) is 3. The Labute approximate surface area is 134 Å². The maximum Gasteiger partial charge on any atom is 0.124 e. The molecule has 0 fully saturated rings. The zero-order valence-corrected chi connectivity index (χ0v) is 13.6. The summed E-state index contributed by atoms with van der Waals surface area (Å²) in [5.41, 5.74) is 3.00. The van der Waals surface area contributed by atoms with Crippen molar-refractivity contribution in [3.63, 3.8) is 0 Å². The van der Waals surface area contributed by atoms with Gasteiger partial charge < -0.3 is 9.84 Å². The lowest BCUT2D eigenvalue weighted by Gasteiger charge is -2.09. The average molecular weight is 321 g/mol. The van der Waals surface area contributed by atoms with E-state index in [1.165, 1.54) is 0 Å². The van der Waals surface area contributed by atoms with Crippen molar-refractivity contribution in [2.75, 3.05) is 6.61 Å². The highest BCUT2D eigenvalue weighted by atomic mass is 35.5. The van der Waals surface area contributed by atoms with Gasteiger partial charge in [-0.1, -0.05) is 23.4 Å². The number of aryl methyl sites for hydroxylation is 2. The lowest BCUT2D eigenvalue weighted by Crippen LogP contribution is -1.96. The molecule has 1 heterocycles. The summed E-state index contributed by atoms with van der Waals surface area (Å²) in [6.45, 7) is 4.52. The maximum absolute atomic E-state index is 8.76. The van der Waals surface area contributed by atoms with Gasteiger partial charge in [-0.15, -0.1) is 11.3 Å². The fraction of sp³-hybridized carbons (Fsp3) is 0.294. The molecule has 0 aliphatic heterocycles. The van der Waals surface area contributed by atoms with Crippen LogP contribution in [0.2, 0.25) is 5.02 Å². The lowest BCUT2D eigenvalue weighted by molar-refractivity contribution is 0.305. The third kappa shape index (κ3) is 4.25. The quantitative estimate of drug-likeness (QED) is 0.850. The molecule has 0 unspecified atom stereocenters. The van der Waals surface area contributed by atoms with Crippen LogP contribution in [0, 0.1) is 25.7 Å². The minimum atomic E-state index is 0.0896. The smallest absolute Gasteiger partial charge is 0.124 e. The summed E-state index contributed by atoms with van der Waals surface area (Å²) < 4.78 is 5.85. The van der Waals surface area contributed by atoms with E-state index in [0.29, 0.717) is 13.0 Å². The molecule has 110 valence electrons. The van der Waals surface area contributed by atoms with E-state index in [-0.39, 0.29) is 6.61 Å². The van der Waals surface area contributed by atoms with Crippen molar-refractivity contribution >= 4 is 22.9 Å². The highest BCUT2D eigenvalue weighted by molar-refractivity contribution is 7.10. The van der Waals surface area contributed by atoms with Crippen LogP contribution in [0.15, 0.2) is 23.6 Å². The molecule has 1 aromatic carbocycles. The van der Waals surface area contributed by atoms with Gasteiger partial charge in [0.2, 0.25) is 0 Å². The second-order valence-corrected chi connectivity index (χ2v) is 6.07. The van der Waals surface area contributed by atoms with Crippen molar-refractivity contribution in [1.82, 2.24) is 0 Å². The van der Waals surface area contributed by atoms with Crippen molar-refractivity contribution in [3.8, 4) is 17.6 Å². The lowest BCUT2D eigenvalue weighted by atomic mass is 10.1. The van der Waals surface area contributed by atoms with E-state index in [1.807, 2.05) is 37.4 Å². The Morgan fingerprint density at radius 1 is 1.29 bits per heavy atom. The molecule has 1 aromatic heterocycles. The van der Waals surface area contributed by atoms with Crippen LogP contribution in [-0.2, 0) is 6.61 Å². The van der Waals surface area contributed by atoms with E-state index in [4.69, 9.17) is 21.4 Å². The summed E-state index contributed by atoms with van der Waals surface area (Å²) in [4.78, 5) is 1.09. The zero-order chi connectivity index (χ0) is 15.2. The maximum atomic E-state index is 8.76.